The first-order valence-electron chi connectivity index (χ1n) is 7.52. The third-order valence-electron chi connectivity index (χ3n) is 4.28. The van der Waals surface area contributed by atoms with Gasteiger partial charge >= 0.3 is 6.03 Å². The van der Waals surface area contributed by atoms with Crippen LogP contribution in [0.4, 0.5) is 10.5 Å². The highest BCUT2D eigenvalue weighted by Gasteiger charge is 2.49. The van der Waals surface area contributed by atoms with Crippen molar-refractivity contribution in [2.45, 2.75) is 32.9 Å². The number of carbonyl (C=O) groups excluding carboxylic acids is 1. The van der Waals surface area contributed by atoms with Crippen molar-refractivity contribution in [1.29, 1.82) is 0 Å². The number of hydrogen-bond acceptors (Lipinski definition) is 1. The molecule has 3 rings (SSSR count). The molecule has 0 unspecified atom stereocenters. The first-order valence-corrected chi connectivity index (χ1v) is 7.90. The topological polar surface area (TPSA) is 23.6 Å². The average Bonchev–Trinajstić information content (AvgIpc) is 2.91. The lowest BCUT2D eigenvalue weighted by Gasteiger charge is -2.27. The number of anilines is 1. The Hall–Kier alpha value is -1.48. The summed E-state index contributed by atoms with van der Waals surface area (Å²) in [7, 11) is 0. The van der Waals surface area contributed by atoms with E-state index in [1.807, 2.05) is 34.1 Å². The molecule has 0 bridgehead atoms. The fraction of sp³-hybridized carbons (Fsp3) is 0.471. The Morgan fingerprint density at radius 1 is 1.19 bits per heavy atom. The van der Waals surface area contributed by atoms with E-state index in [-0.39, 0.29) is 18.1 Å². The first-order chi connectivity index (χ1) is 9.99. The Morgan fingerprint density at radius 2 is 1.86 bits per heavy atom. The van der Waals surface area contributed by atoms with Crippen LogP contribution in [-0.4, -0.2) is 29.6 Å². The van der Waals surface area contributed by atoms with Gasteiger partial charge in [0.25, 0.3) is 0 Å². The van der Waals surface area contributed by atoms with E-state index in [9.17, 15) is 4.79 Å². The first kappa shape index (κ1) is 14.5. The number of benzene rings is 1. The number of urea groups is 1. The van der Waals surface area contributed by atoms with Gasteiger partial charge in [0.05, 0.1) is 12.1 Å². The molecule has 4 heteroatoms. The van der Waals surface area contributed by atoms with Crippen LogP contribution in [0.3, 0.4) is 0 Å². The summed E-state index contributed by atoms with van der Waals surface area (Å²) in [6, 6.07) is 8.01. The van der Waals surface area contributed by atoms with Gasteiger partial charge in [-0.15, -0.1) is 0 Å². The molecule has 1 aliphatic carbocycles. The second-order valence-corrected chi connectivity index (χ2v) is 6.84. The number of halogens is 1. The van der Waals surface area contributed by atoms with E-state index in [0.29, 0.717) is 16.9 Å². The molecule has 0 saturated carbocycles. The van der Waals surface area contributed by atoms with Crippen LogP contribution in [0.2, 0.25) is 5.02 Å². The smallest absolute Gasteiger partial charge is 0.318 e. The molecule has 1 aliphatic heterocycles. The zero-order valence-electron chi connectivity index (χ0n) is 12.7. The van der Waals surface area contributed by atoms with E-state index in [1.165, 1.54) is 0 Å². The highest BCUT2D eigenvalue weighted by atomic mass is 35.5. The number of nitrogens with zero attached hydrogens (tertiary/aromatic N) is 2. The molecule has 2 amide bonds. The van der Waals surface area contributed by atoms with E-state index in [2.05, 4.69) is 32.9 Å². The van der Waals surface area contributed by atoms with Gasteiger partial charge in [-0.05, 0) is 36.1 Å². The molecule has 112 valence electrons. The molecule has 1 saturated heterocycles. The second kappa shape index (κ2) is 5.38. The molecule has 0 aromatic heterocycles. The summed E-state index contributed by atoms with van der Waals surface area (Å²) in [6.45, 7) is 7.30. The summed E-state index contributed by atoms with van der Waals surface area (Å²) in [5, 5.41) is 0.691. The van der Waals surface area contributed by atoms with Crippen molar-refractivity contribution < 1.29 is 4.79 Å². The lowest BCUT2D eigenvalue weighted by Crippen LogP contribution is -2.40. The van der Waals surface area contributed by atoms with Gasteiger partial charge in [-0.1, -0.05) is 44.5 Å². The Labute approximate surface area is 131 Å². The van der Waals surface area contributed by atoms with E-state index < -0.39 is 0 Å². The summed E-state index contributed by atoms with van der Waals surface area (Å²) in [4.78, 5) is 16.8. The van der Waals surface area contributed by atoms with Crippen molar-refractivity contribution >= 4 is 23.3 Å². The Balaban J connectivity index is 1.95. The number of hydrogen-bond donors (Lipinski definition) is 0. The summed E-state index contributed by atoms with van der Waals surface area (Å²) in [5.41, 5.74) is 0.921. The highest BCUT2D eigenvalue weighted by molar-refractivity contribution is 6.30. The molecule has 0 N–H and O–H groups in total. The number of fused-ring (bicyclic) bond motifs is 1. The van der Waals surface area contributed by atoms with Crippen LogP contribution in [0.1, 0.15) is 20.8 Å². The standard InChI is InChI=1S/C17H21ClN2O/c1-11(2)10-19-16-12(3)4-9-15(16)20(17(19)21)14-7-5-13(18)6-8-14/h4-9,11-12,15-16H,10H2,1-3H3/t12-,15-,16+/m1/s1. The van der Waals surface area contributed by atoms with E-state index >= 15 is 0 Å². The molecule has 2 aliphatic rings. The molecular formula is C17H21ClN2O. The second-order valence-electron chi connectivity index (χ2n) is 6.40. The molecule has 1 fully saturated rings. The van der Waals surface area contributed by atoms with Gasteiger partial charge in [-0.3, -0.25) is 4.90 Å². The van der Waals surface area contributed by atoms with Crippen molar-refractivity contribution in [1.82, 2.24) is 4.90 Å². The maximum absolute atomic E-state index is 12.9. The van der Waals surface area contributed by atoms with Crippen LogP contribution in [0.25, 0.3) is 0 Å². The third kappa shape index (κ3) is 2.44. The minimum Gasteiger partial charge on any atom is -0.318 e. The van der Waals surface area contributed by atoms with Gasteiger partial charge in [0, 0.05) is 17.3 Å². The molecular weight excluding hydrogens is 284 g/mol. The van der Waals surface area contributed by atoms with Crippen molar-refractivity contribution in [3.05, 3.63) is 41.4 Å². The number of rotatable bonds is 3. The maximum Gasteiger partial charge on any atom is 0.325 e. The minimum atomic E-state index is 0.109. The monoisotopic (exact) mass is 304 g/mol. The van der Waals surface area contributed by atoms with Gasteiger partial charge in [0.2, 0.25) is 0 Å². The van der Waals surface area contributed by atoms with E-state index in [4.69, 9.17) is 11.6 Å². The van der Waals surface area contributed by atoms with Crippen LogP contribution in [0, 0.1) is 11.8 Å². The van der Waals surface area contributed by atoms with Crippen LogP contribution in [-0.2, 0) is 0 Å². The van der Waals surface area contributed by atoms with Crippen molar-refractivity contribution in [2.24, 2.45) is 11.8 Å². The van der Waals surface area contributed by atoms with Crippen molar-refractivity contribution in [2.75, 3.05) is 11.4 Å². The normalized spacial score (nSPS) is 27.9. The maximum atomic E-state index is 12.9. The summed E-state index contributed by atoms with van der Waals surface area (Å²) >= 11 is 5.96. The van der Waals surface area contributed by atoms with Crippen molar-refractivity contribution in [3.8, 4) is 0 Å². The molecule has 1 aromatic rings. The van der Waals surface area contributed by atoms with Gasteiger partial charge < -0.3 is 4.90 Å². The summed E-state index contributed by atoms with van der Waals surface area (Å²) in [6.07, 6.45) is 4.39. The van der Waals surface area contributed by atoms with Crippen LogP contribution in [0.5, 0.6) is 0 Å². The highest BCUT2D eigenvalue weighted by Crippen LogP contribution is 2.38. The molecule has 1 aromatic carbocycles. The minimum absolute atomic E-state index is 0.109. The molecule has 0 radical (unpaired) electrons. The number of amides is 2. The predicted octanol–water partition coefficient (Wildman–Crippen LogP) is 4.18. The SMILES string of the molecule is CC(C)CN1C(=O)N(c2ccc(Cl)cc2)[C@@H]2C=C[C@@H](C)[C@@H]21. The van der Waals surface area contributed by atoms with Gasteiger partial charge in [0.1, 0.15) is 0 Å². The quantitative estimate of drug-likeness (QED) is 0.768. The van der Waals surface area contributed by atoms with Crippen LogP contribution < -0.4 is 4.90 Å². The van der Waals surface area contributed by atoms with Crippen LogP contribution in [0.15, 0.2) is 36.4 Å². The van der Waals surface area contributed by atoms with Gasteiger partial charge in [-0.2, -0.15) is 0 Å². The lowest BCUT2D eigenvalue weighted by atomic mass is 10.0. The molecule has 3 atom stereocenters. The zero-order chi connectivity index (χ0) is 15.1. The molecule has 21 heavy (non-hydrogen) atoms. The van der Waals surface area contributed by atoms with E-state index in [1.54, 1.807) is 0 Å². The van der Waals surface area contributed by atoms with E-state index in [0.717, 1.165) is 12.2 Å². The molecule has 3 nitrogen and oxygen atoms in total. The zero-order valence-corrected chi connectivity index (χ0v) is 13.4. The Bertz CT molecular complexity index is 567. The Morgan fingerprint density at radius 3 is 2.48 bits per heavy atom. The summed E-state index contributed by atoms with van der Waals surface area (Å²) in [5.74, 6) is 0.863. The fourth-order valence-electron chi connectivity index (χ4n) is 3.41. The van der Waals surface area contributed by atoms with Crippen molar-refractivity contribution in [3.63, 3.8) is 0 Å². The average molecular weight is 305 g/mol. The number of carbonyl (C=O) groups is 1. The fourth-order valence-corrected chi connectivity index (χ4v) is 3.53. The Kier molecular flexibility index (Phi) is 3.70. The predicted molar refractivity (Wildman–Crippen MR) is 86.8 cm³/mol. The lowest BCUT2D eigenvalue weighted by molar-refractivity contribution is 0.185. The summed E-state index contributed by atoms with van der Waals surface area (Å²) < 4.78 is 0. The van der Waals surface area contributed by atoms with Gasteiger partial charge in [-0.25, -0.2) is 4.79 Å². The third-order valence-corrected chi connectivity index (χ3v) is 4.53. The molecule has 1 heterocycles. The largest absolute Gasteiger partial charge is 0.325 e. The van der Waals surface area contributed by atoms with Gasteiger partial charge in [0.15, 0.2) is 0 Å². The molecule has 0 spiro atoms. The van der Waals surface area contributed by atoms with Crippen LogP contribution >= 0.6 is 11.6 Å².